The molecule has 0 saturated carbocycles. The van der Waals surface area contributed by atoms with E-state index in [9.17, 15) is 14.9 Å². The highest BCUT2D eigenvalue weighted by Crippen LogP contribution is 2.25. The second-order valence-electron chi connectivity index (χ2n) is 4.37. The van der Waals surface area contributed by atoms with E-state index in [4.69, 9.17) is 20.8 Å². The number of methoxy groups -OCH3 is 1. The summed E-state index contributed by atoms with van der Waals surface area (Å²) in [7, 11) is 1.49. The molecule has 2 rings (SSSR count). The van der Waals surface area contributed by atoms with Crippen molar-refractivity contribution in [3.63, 3.8) is 0 Å². The number of amides is 1. The number of hydrogen-bond acceptors (Lipinski definition) is 5. The van der Waals surface area contributed by atoms with Crippen LogP contribution in [0.25, 0.3) is 0 Å². The van der Waals surface area contributed by atoms with Crippen molar-refractivity contribution in [3.8, 4) is 0 Å². The Kier molecular flexibility index (Phi) is 5.13. The number of rotatable bonds is 6. The van der Waals surface area contributed by atoms with Gasteiger partial charge in [-0.1, -0.05) is 11.6 Å². The molecule has 0 bridgehead atoms. The minimum Gasteiger partial charge on any atom is -0.467 e. The van der Waals surface area contributed by atoms with Crippen molar-refractivity contribution in [1.82, 2.24) is 5.32 Å². The Balaban J connectivity index is 2.06. The van der Waals surface area contributed by atoms with Gasteiger partial charge in [-0.2, -0.15) is 0 Å². The Hall–Kier alpha value is -2.38. The average Bonchev–Trinajstić information content (AvgIpc) is 3.02. The molecule has 1 amide bonds. The first-order valence-corrected chi connectivity index (χ1v) is 6.69. The van der Waals surface area contributed by atoms with Crippen LogP contribution in [-0.2, 0) is 4.74 Å². The van der Waals surface area contributed by atoms with Gasteiger partial charge in [-0.25, -0.2) is 0 Å². The van der Waals surface area contributed by atoms with Gasteiger partial charge in [0.05, 0.1) is 17.7 Å². The fourth-order valence-corrected chi connectivity index (χ4v) is 2.04. The normalized spacial score (nSPS) is 11.9. The Morgan fingerprint density at radius 2 is 2.27 bits per heavy atom. The number of halogens is 1. The van der Waals surface area contributed by atoms with Gasteiger partial charge in [-0.15, -0.1) is 0 Å². The molecular weight excluding hydrogens is 312 g/mol. The molecule has 0 aliphatic rings. The van der Waals surface area contributed by atoms with Crippen LogP contribution in [0.2, 0.25) is 5.02 Å². The quantitative estimate of drug-likeness (QED) is 0.651. The van der Waals surface area contributed by atoms with E-state index < -0.39 is 16.9 Å². The number of nitro benzene ring substituents is 1. The highest BCUT2D eigenvalue weighted by molar-refractivity contribution is 6.32. The second-order valence-corrected chi connectivity index (χ2v) is 4.78. The lowest BCUT2D eigenvalue weighted by atomic mass is 10.2. The maximum absolute atomic E-state index is 12.1. The van der Waals surface area contributed by atoms with Crippen molar-refractivity contribution >= 4 is 23.2 Å². The van der Waals surface area contributed by atoms with Crippen LogP contribution in [0.1, 0.15) is 22.2 Å². The molecule has 0 fully saturated rings. The molecule has 0 saturated heterocycles. The molecule has 7 nitrogen and oxygen atoms in total. The first-order chi connectivity index (χ1) is 10.5. The third-order valence-corrected chi connectivity index (χ3v) is 3.32. The van der Waals surface area contributed by atoms with Gasteiger partial charge in [0.15, 0.2) is 0 Å². The molecule has 1 aromatic heterocycles. The summed E-state index contributed by atoms with van der Waals surface area (Å²) < 4.78 is 10.4. The van der Waals surface area contributed by atoms with Crippen molar-refractivity contribution in [3.05, 3.63) is 63.1 Å². The summed E-state index contributed by atoms with van der Waals surface area (Å²) in [6.07, 6.45) is 1.06. The number of furan rings is 1. The number of ether oxygens (including phenoxy) is 1. The standard InChI is InChI=1S/C14H13ClN2O5/c1-21-13(12-3-2-6-22-12)8-16-14(18)9-4-5-10(15)11(7-9)17(19)20/h2-7,13H,8H2,1H3,(H,16,18). The van der Waals surface area contributed by atoms with Gasteiger partial charge < -0.3 is 14.5 Å². The zero-order chi connectivity index (χ0) is 16.1. The second kappa shape index (κ2) is 7.06. The lowest BCUT2D eigenvalue weighted by Crippen LogP contribution is -2.29. The molecule has 116 valence electrons. The van der Waals surface area contributed by atoms with Crippen LogP contribution < -0.4 is 5.32 Å². The van der Waals surface area contributed by atoms with E-state index in [0.717, 1.165) is 6.07 Å². The molecule has 0 radical (unpaired) electrons. The predicted octanol–water partition coefficient (Wildman–Crippen LogP) is 2.96. The molecule has 1 aromatic carbocycles. The third-order valence-electron chi connectivity index (χ3n) is 3.00. The lowest BCUT2D eigenvalue weighted by Gasteiger charge is -2.13. The van der Waals surface area contributed by atoms with Crippen molar-refractivity contribution in [2.75, 3.05) is 13.7 Å². The van der Waals surface area contributed by atoms with Gasteiger partial charge in [0.1, 0.15) is 16.9 Å². The number of nitrogens with zero attached hydrogens (tertiary/aromatic N) is 1. The number of carbonyl (C=O) groups excluding carboxylic acids is 1. The molecule has 0 aliphatic heterocycles. The monoisotopic (exact) mass is 324 g/mol. The van der Waals surface area contributed by atoms with Crippen molar-refractivity contribution in [2.45, 2.75) is 6.10 Å². The van der Waals surface area contributed by atoms with Crippen LogP contribution in [0, 0.1) is 10.1 Å². The summed E-state index contributed by atoms with van der Waals surface area (Å²) in [5, 5.41) is 13.4. The van der Waals surface area contributed by atoms with Crippen molar-refractivity contribution in [1.29, 1.82) is 0 Å². The van der Waals surface area contributed by atoms with E-state index >= 15 is 0 Å². The van der Waals surface area contributed by atoms with E-state index in [-0.39, 0.29) is 22.8 Å². The van der Waals surface area contributed by atoms with Crippen LogP contribution in [0.15, 0.2) is 41.0 Å². The smallest absolute Gasteiger partial charge is 0.288 e. The largest absolute Gasteiger partial charge is 0.467 e. The number of hydrogen-bond donors (Lipinski definition) is 1. The molecule has 0 aliphatic carbocycles. The first kappa shape index (κ1) is 16.0. The van der Waals surface area contributed by atoms with Crippen molar-refractivity contribution in [2.24, 2.45) is 0 Å². The lowest BCUT2D eigenvalue weighted by molar-refractivity contribution is -0.384. The van der Waals surface area contributed by atoms with Crippen LogP contribution >= 0.6 is 11.6 Å². The maximum atomic E-state index is 12.1. The molecule has 22 heavy (non-hydrogen) atoms. The summed E-state index contributed by atoms with van der Waals surface area (Å²) >= 11 is 5.71. The molecule has 0 spiro atoms. The summed E-state index contributed by atoms with van der Waals surface area (Å²) in [5.74, 6) is 0.109. The van der Waals surface area contributed by atoms with Crippen LogP contribution in [-0.4, -0.2) is 24.5 Å². The minimum absolute atomic E-state index is 0.0214. The topological polar surface area (TPSA) is 94.6 Å². The minimum atomic E-state index is -0.639. The number of carbonyl (C=O) groups is 1. The maximum Gasteiger partial charge on any atom is 0.288 e. The van der Waals surface area contributed by atoms with E-state index in [1.54, 1.807) is 12.1 Å². The third kappa shape index (κ3) is 3.63. The summed E-state index contributed by atoms with van der Waals surface area (Å²) in [4.78, 5) is 22.2. The fourth-order valence-electron chi connectivity index (χ4n) is 1.86. The van der Waals surface area contributed by atoms with Gasteiger partial charge in [0.2, 0.25) is 0 Å². The Morgan fingerprint density at radius 3 is 2.86 bits per heavy atom. The highest BCUT2D eigenvalue weighted by Gasteiger charge is 2.18. The van der Waals surface area contributed by atoms with Gasteiger partial charge in [-0.05, 0) is 24.3 Å². The molecule has 1 heterocycles. The number of benzene rings is 1. The molecule has 8 heteroatoms. The van der Waals surface area contributed by atoms with Crippen LogP contribution in [0.4, 0.5) is 5.69 Å². The van der Waals surface area contributed by atoms with E-state index in [0.29, 0.717) is 5.76 Å². The summed E-state index contributed by atoms with van der Waals surface area (Å²) in [6.45, 7) is 0.166. The van der Waals surface area contributed by atoms with Gasteiger partial charge in [0.25, 0.3) is 11.6 Å². The van der Waals surface area contributed by atoms with Crippen LogP contribution in [0.3, 0.4) is 0 Å². The molecule has 2 aromatic rings. The molecular formula is C14H13ClN2O5. The van der Waals surface area contributed by atoms with Crippen molar-refractivity contribution < 1.29 is 18.9 Å². The summed E-state index contributed by atoms with van der Waals surface area (Å²) in [5.41, 5.74) is -0.172. The van der Waals surface area contributed by atoms with Gasteiger partial charge in [0, 0.05) is 18.7 Å². The Labute approximate surface area is 131 Å². The Bertz CT molecular complexity index is 672. The van der Waals surface area contributed by atoms with E-state index in [1.165, 1.54) is 25.5 Å². The number of nitrogens with one attached hydrogen (secondary N) is 1. The summed E-state index contributed by atoms with van der Waals surface area (Å²) in [6, 6.07) is 7.31. The van der Waals surface area contributed by atoms with Gasteiger partial charge in [-0.3, -0.25) is 14.9 Å². The zero-order valence-electron chi connectivity index (χ0n) is 11.6. The Morgan fingerprint density at radius 1 is 1.50 bits per heavy atom. The first-order valence-electron chi connectivity index (χ1n) is 6.31. The van der Waals surface area contributed by atoms with E-state index in [1.807, 2.05) is 0 Å². The van der Waals surface area contributed by atoms with Gasteiger partial charge >= 0.3 is 0 Å². The highest BCUT2D eigenvalue weighted by atomic mass is 35.5. The molecule has 1 atom stereocenters. The van der Waals surface area contributed by atoms with Crippen LogP contribution in [0.5, 0.6) is 0 Å². The SMILES string of the molecule is COC(CNC(=O)c1ccc(Cl)c([N+](=O)[O-])c1)c1ccco1. The molecule has 1 N–H and O–H groups in total. The predicted molar refractivity (Wildman–Crippen MR) is 78.9 cm³/mol. The zero-order valence-corrected chi connectivity index (χ0v) is 12.4. The fraction of sp³-hybridized carbons (Fsp3) is 0.214. The number of nitro groups is 1. The average molecular weight is 325 g/mol. The molecule has 1 unspecified atom stereocenters. The van der Waals surface area contributed by atoms with E-state index in [2.05, 4.69) is 5.32 Å².